The van der Waals surface area contributed by atoms with Gasteiger partial charge in [-0.25, -0.2) is 0 Å². The second-order valence-corrected chi connectivity index (χ2v) is 7.55. The highest BCUT2D eigenvalue weighted by Gasteiger charge is 2.25. The molecule has 0 amide bonds. The van der Waals surface area contributed by atoms with Crippen molar-refractivity contribution in [3.8, 4) is 0 Å². The molecule has 5 heteroatoms. The van der Waals surface area contributed by atoms with Crippen molar-refractivity contribution in [1.82, 2.24) is 14.8 Å². The van der Waals surface area contributed by atoms with Crippen molar-refractivity contribution >= 4 is 11.5 Å². The number of aryl methyl sites for hydroxylation is 2. The molecule has 142 valence electrons. The van der Waals surface area contributed by atoms with Crippen molar-refractivity contribution in [3.63, 3.8) is 0 Å². The number of rotatable bonds is 3. The first-order chi connectivity index (χ1) is 13.4. The van der Waals surface area contributed by atoms with Crippen LogP contribution in [0, 0.1) is 13.8 Å². The van der Waals surface area contributed by atoms with Gasteiger partial charge in [-0.05, 0) is 38.0 Å². The van der Waals surface area contributed by atoms with E-state index in [2.05, 4.69) is 53.1 Å². The predicted octanol–water partition coefficient (Wildman–Crippen LogP) is 3.89. The van der Waals surface area contributed by atoms with Crippen molar-refractivity contribution in [1.29, 1.82) is 0 Å². The largest absolute Gasteiger partial charge is 0.354 e. The molecule has 0 radical (unpaired) electrons. The lowest BCUT2D eigenvalue weighted by atomic mass is 9.95. The number of fused-ring (bicyclic) bond motifs is 3. The third-order valence-electron chi connectivity index (χ3n) is 5.44. The molecule has 28 heavy (non-hydrogen) atoms. The third-order valence-corrected chi connectivity index (χ3v) is 5.44. The standard InChI is InChI=1S/C23H24N4O/c1-14(28)10-20-21-12-18(15(2)25-26-21)11-19-13-27(4)16(3)22(19)23(24-20)17-8-6-5-7-9-17/h5-9,12-13,20H,10-11H2,1-4H3/t20-/m0/s1. The maximum absolute atomic E-state index is 12.0. The van der Waals surface area contributed by atoms with Crippen molar-refractivity contribution in [2.45, 2.75) is 39.7 Å². The van der Waals surface area contributed by atoms with E-state index < -0.39 is 0 Å². The number of Topliss-reactive ketones (excluding diaryl/α,β-unsaturated/α-hetero) is 1. The summed E-state index contributed by atoms with van der Waals surface area (Å²) in [4.78, 5) is 17.1. The molecule has 1 aliphatic heterocycles. The molecule has 0 fully saturated rings. The zero-order chi connectivity index (χ0) is 19.8. The summed E-state index contributed by atoms with van der Waals surface area (Å²) in [6, 6.07) is 11.9. The lowest BCUT2D eigenvalue weighted by Gasteiger charge is -2.15. The maximum Gasteiger partial charge on any atom is 0.132 e. The summed E-state index contributed by atoms with van der Waals surface area (Å²) in [5.41, 5.74) is 8.30. The summed E-state index contributed by atoms with van der Waals surface area (Å²) in [5.74, 6) is 0.0920. The van der Waals surface area contributed by atoms with Crippen LogP contribution >= 0.6 is 0 Å². The highest BCUT2D eigenvalue weighted by molar-refractivity contribution is 6.14. The number of carbonyl (C=O) groups is 1. The number of aliphatic imine (C=N–C) groups is 1. The number of hydrogen-bond acceptors (Lipinski definition) is 4. The number of hydrogen-bond donors (Lipinski definition) is 0. The molecule has 0 N–H and O–H groups in total. The van der Waals surface area contributed by atoms with Crippen LogP contribution in [0.2, 0.25) is 0 Å². The molecule has 2 aromatic heterocycles. The SMILES string of the molecule is CC(=O)C[C@@H]1N=C(c2ccccc2)c2c(cn(C)c2C)Cc2cc1nnc2C. The van der Waals surface area contributed by atoms with E-state index in [0.717, 1.165) is 45.9 Å². The zero-order valence-electron chi connectivity index (χ0n) is 16.7. The monoisotopic (exact) mass is 372 g/mol. The second-order valence-electron chi connectivity index (χ2n) is 7.55. The van der Waals surface area contributed by atoms with Crippen molar-refractivity contribution < 1.29 is 4.79 Å². The van der Waals surface area contributed by atoms with Gasteiger partial charge in [-0.2, -0.15) is 10.2 Å². The van der Waals surface area contributed by atoms with E-state index in [0.29, 0.717) is 6.42 Å². The first-order valence-corrected chi connectivity index (χ1v) is 9.55. The molecule has 3 heterocycles. The molecule has 1 aromatic carbocycles. The fraction of sp³-hybridized carbons (Fsp3) is 0.304. The van der Waals surface area contributed by atoms with E-state index in [-0.39, 0.29) is 11.8 Å². The van der Waals surface area contributed by atoms with Crippen LogP contribution < -0.4 is 0 Å². The molecule has 5 nitrogen and oxygen atoms in total. The average Bonchev–Trinajstić information content (AvgIpc) is 2.96. The minimum atomic E-state index is -0.342. The van der Waals surface area contributed by atoms with E-state index in [1.165, 1.54) is 5.56 Å². The highest BCUT2D eigenvalue weighted by Crippen LogP contribution is 2.31. The second kappa shape index (κ2) is 7.15. The Kier molecular flexibility index (Phi) is 4.67. The Hall–Kier alpha value is -3.08. The lowest BCUT2D eigenvalue weighted by molar-refractivity contribution is -0.117. The summed E-state index contributed by atoms with van der Waals surface area (Å²) in [6.45, 7) is 5.71. The van der Waals surface area contributed by atoms with Crippen LogP contribution in [0.3, 0.4) is 0 Å². The minimum Gasteiger partial charge on any atom is -0.354 e. The van der Waals surface area contributed by atoms with Crippen LogP contribution in [-0.2, 0) is 18.3 Å². The molecule has 0 saturated heterocycles. The lowest BCUT2D eigenvalue weighted by Crippen LogP contribution is -2.12. The van der Waals surface area contributed by atoms with E-state index >= 15 is 0 Å². The van der Waals surface area contributed by atoms with Crippen LogP contribution in [0.4, 0.5) is 0 Å². The summed E-state index contributed by atoms with van der Waals surface area (Å²) in [6.07, 6.45) is 3.26. The van der Waals surface area contributed by atoms with Crippen molar-refractivity contribution in [2.24, 2.45) is 12.0 Å². The van der Waals surface area contributed by atoms with E-state index in [4.69, 9.17) is 4.99 Å². The summed E-state index contributed by atoms with van der Waals surface area (Å²) >= 11 is 0. The van der Waals surface area contributed by atoms with E-state index in [1.54, 1.807) is 6.92 Å². The molecule has 2 bridgehead atoms. The Morgan fingerprint density at radius 2 is 1.89 bits per heavy atom. The number of benzene rings is 1. The van der Waals surface area contributed by atoms with Gasteiger partial charge in [-0.15, -0.1) is 0 Å². The predicted molar refractivity (Wildman–Crippen MR) is 110 cm³/mol. The highest BCUT2D eigenvalue weighted by atomic mass is 16.1. The third kappa shape index (κ3) is 3.28. The van der Waals surface area contributed by atoms with Crippen molar-refractivity contribution in [2.75, 3.05) is 0 Å². The molecule has 1 aliphatic rings. The average molecular weight is 372 g/mol. The Bertz CT molecular complexity index is 1080. The topological polar surface area (TPSA) is 60.1 Å². The fourth-order valence-electron chi connectivity index (χ4n) is 3.84. The van der Waals surface area contributed by atoms with E-state index in [9.17, 15) is 4.79 Å². The first-order valence-electron chi connectivity index (χ1n) is 9.55. The molecule has 0 spiro atoms. The Morgan fingerprint density at radius 3 is 2.61 bits per heavy atom. The Labute approximate surface area is 165 Å². The number of aromatic nitrogens is 3. The molecule has 0 saturated carbocycles. The maximum atomic E-state index is 12.0. The normalized spacial score (nSPS) is 15.9. The van der Waals surface area contributed by atoms with Crippen LogP contribution in [0.1, 0.15) is 58.7 Å². The molecule has 3 aromatic rings. The fourth-order valence-corrected chi connectivity index (χ4v) is 3.84. The quantitative estimate of drug-likeness (QED) is 0.701. The molecule has 0 unspecified atom stereocenters. The molecule has 0 aliphatic carbocycles. The van der Waals surface area contributed by atoms with Gasteiger partial charge in [0.15, 0.2) is 0 Å². The van der Waals surface area contributed by atoms with Crippen LogP contribution in [0.25, 0.3) is 0 Å². The van der Waals surface area contributed by atoms with Gasteiger partial charge in [0.05, 0.1) is 17.1 Å². The molecular weight excluding hydrogens is 348 g/mol. The van der Waals surface area contributed by atoms with Crippen LogP contribution in [0.5, 0.6) is 0 Å². The number of nitrogens with zero attached hydrogens (tertiary/aromatic N) is 4. The molecule has 1 atom stereocenters. The first kappa shape index (κ1) is 18.3. The van der Waals surface area contributed by atoms with Crippen LogP contribution in [0.15, 0.2) is 47.6 Å². The molecular formula is C23H24N4O. The van der Waals surface area contributed by atoms with Gasteiger partial charge in [0, 0.05) is 42.9 Å². The summed E-state index contributed by atoms with van der Waals surface area (Å²) < 4.78 is 2.15. The molecule has 4 rings (SSSR count). The van der Waals surface area contributed by atoms with Crippen molar-refractivity contribution in [3.05, 3.63) is 81.9 Å². The van der Waals surface area contributed by atoms with Crippen LogP contribution in [-0.4, -0.2) is 26.3 Å². The van der Waals surface area contributed by atoms with Gasteiger partial charge < -0.3 is 4.57 Å². The number of carbonyl (C=O) groups excluding carboxylic acids is 1. The van der Waals surface area contributed by atoms with Gasteiger partial charge in [0.2, 0.25) is 0 Å². The Morgan fingerprint density at radius 1 is 1.14 bits per heavy atom. The van der Waals surface area contributed by atoms with Gasteiger partial charge in [0.25, 0.3) is 0 Å². The van der Waals surface area contributed by atoms with E-state index in [1.807, 2.05) is 25.1 Å². The van der Waals surface area contributed by atoms with Gasteiger partial charge in [-0.1, -0.05) is 30.3 Å². The minimum absolute atomic E-state index is 0.0920. The summed E-state index contributed by atoms with van der Waals surface area (Å²) in [7, 11) is 2.06. The van der Waals surface area contributed by atoms with Gasteiger partial charge in [-0.3, -0.25) is 9.79 Å². The van der Waals surface area contributed by atoms with Gasteiger partial charge >= 0.3 is 0 Å². The zero-order valence-corrected chi connectivity index (χ0v) is 16.7. The Balaban J connectivity index is 2.02. The number of ketones is 1. The van der Waals surface area contributed by atoms with Gasteiger partial charge in [0.1, 0.15) is 11.8 Å². The summed E-state index contributed by atoms with van der Waals surface area (Å²) in [5, 5.41) is 8.75. The smallest absolute Gasteiger partial charge is 0.132 e.